The first kappa shape index (κ1) is 12.0. The van der Waals surface area contributed by atoms with Crippen LogP contribution >= 0.6 is 11.6 Å². The minimum Gasteiger partial charge on any atom is -0.335 e. The lowest BCUT2D eigenvalue weighted by Gasteiger charge is -2.05. The lowest BCUT2D eigenvalue weighted by atomic mass is 10.00. The van der Waals surface area contributed by atoms with E-state index in [1.807, 2.05) is 6.07 Å². The molecule has 1 aliphatic rings. The topological polar surface area (TPSA) is 4.93 Å². The molecule has 0 unspecified atom stereocenters. The van der Waals surface area contributed by atoms with Gasteiger partial charge in [-0.25, -0.2) is 0 Å². The molecule has 0 aliphatic carbocycles. The number of hydrogen-bond donors (Lipinski definition) is 0. The summed E-state index contributed by atoms with van der Waals surface area (Å²) in [5, 5.41) is 2.13. The van der Waals surface area contributed by atoms with Crippen molar-refractivity contribution in [3.63, 3.8) is 0 Å². The van der Waals surface area contributed by atoms with Gasteiger partial charge in [-0.2, -0.15) is 0 Å². The monoisotopic (exact) mass is 281 g/mol. The number of hydrogen-bond acceptors (Lipinski definition) is 0. The van der Waals surface area contributed by atoms with Crippen molar-refractivity contribution in [1.29, 1.82) is 0 Å². The second-order valence-corrected chi connectivity index (χ2v) is 5.92. The normalized spacial score (nSPS) is 12.8. The van der Waals surface area contributed by atoms with E-state index in [2.05, 4.69) is 48.7 Å². The van der Waals surface area contributed by atoms with Gasteiger partial charge in [0.15, 0.2) is 0 Å². The van der Waals surface area contributed by atoms with E-state index < -0.39 is 0 Å². The average Bonchev–Trinajstić information content (AvgIpc) is 2.97. The summed E-state index contributed by atoms with van der Waals surface area (Å²) in [5.74, 6) is 0. The third kappa shape index (κ3) is 1.39. The molecule has 3 aromatic rings. The summed E-state index contributed by atoms with van der Waals surface area (Å²) in [5.41, 5.74) is 8.15. The van der Waals surface area contributed by atoms with Gasteiger partial charge in [-0.05, 0) is 36.1 Å². The quantitative estimate of drug-likeness (QED) is 0.452. The zero-order valence-corrected chi connectivity index (χ0v) is 12.5. The number of halogens is 1. The lowest BCUT2D eigenvalue weighted by molar-refractivity contribution is 0.879. The second-order valence-electron chi connectivity index (χ2n) is 5.51. The van der Waals surface area contributed by atoms with E-state index in [1.54, 1.807) is 0 Å². The maximum atomic E-state index is 6.49. The van der Waals surface area contributed by atoms with Crippen molar-refractivity contribution in [2.75, 3.05) is 0 Å². The molecule has 100 valence electrons. The highest BCUT2D eigenvalue weighted by Gasteiger charge is 2.26. The largest absolute Gasteiger partial charge is 0.335 e. The highest BCUT2D eigenvalue weighted by molar-refractivity contribution is 6.36. The standard InChI is InChI=1S/C18H16ClN/c1-3-13-16-15(19)9-8-11(2)17(16)20-10-12-6-4-5-7-14(12)18(13)20/h4-9H,3,10H2,1-2H3. The zero-order chi connectivity index (χ0) is 13.9. The van der Waals surface area contributed by atoms with Gasteiger partial charge in [0.1, 0.15) is 0 Å². The summed E-state index contributed by atoms with van der Waals surface area (Å²) < 4.78 is 2.44. The van der Waals surface area contributed by atoms with Gasteiger partial charge in [-0.3, -0.25) is 0 Å². The van der Waals surface area contributed by atoms with E-state index in [1.165, 1.54) is 38.9 Å². The highest BCUT2D eigenvalue weighted by Crippen LogP contribution is 2.44. The van der Waals surface area contributed by atoms with Gasteiger partial charge in [0.2, 0.25) is 0 Å². The second kappa shape index (κ2) is 4.13. The van der Waals surface area contributed by atoms with Crippen LogP contribution in [0.5, 0.6) is 0 Å². The molecule has 2 heterocycles. The van der Waals surface area contributed by atoms with Crippen LogP contribution in [0.15, 0.2) is 36.4 Å². The van der Waals surface area contributed by atoms with E-state index in [0.717, 1.165) is 18.0 Å². The molecule has 0 saturated heterocycles. The lowest BCUT2D eigenvalue weighted by Crippen LogP contribution is -1.94. The molecule has 2 heteroatoms. The van der Waals surface area contributed by atoms with Crippen molar-refractivity contribution >= 4 is 22.5 Å². The van der Waals surface area contributed by atoms with Crippen molar-refractivity contribution in [3.05, 3.63) is 58.1 Å². The Morgan fingerprint density at radius 1 is 1.15 bits per heavy atom. The fraction of sp³-hybridized carbons (Fsp3) is 0.222. The number of benzene rings is 2. The first-order chi connectivity index (χ1) is 9.72. The van der Waals surface area contributed by atoms with Crippen LogP contribution in [0.25, 0.3) is 22.2 Å². The Hall–Kier alpha value is -1.73. The van der Waals surface area contributed by atoms with Crippen LogP contribution in [-0.4, -0.2) is 4.57 Å². The number of nitrogens with zero attached hydrogens (tertiary/aromatic N) is 1. The van der Waals surface area contributed by atoms with Crippen LogP contribution in [-0.2, 0) is 13.0 Å². The Morgan fingerprint density at radius 2 is 1.95 bits per heavy atom. The van der Waals surface area contributed by atoms with E-state index >= 15 is 0 Å². The van der Waals surface area contributed by atoms with Gasteiger partial charge in [-0.15, -0.1) is 0 Å². The van der Waals surface area contributed by atoms with Crippen LogP contribution in [0.2, 0.25) is 5.02 Å². The molecule has 0 saturated carbocycles. The molecule has 0 N–H and O–H groups in total. The Labute approximate surface area is 123 Å². The molecule has 0 spiro atoms. The fourth-order valence-corrected chi connectivity index (χ4v) is 3.84. The minimum absolute atomic E-state index is 0.877. The van der Waals surface area contributed by atoms with Gasteiger partial charge in [0.05, 0.1) is 16.2 Å². The molecule has 20 heavy (non-hydrogen) atoms. The van der Waals surface area contributed by atoms with Gasteiger partial charge in [0.25, 0.3) is 0 Å². The van der Waals surface area contributed by atoms with Crippen molar-refractivity contribution in [3.8, 4) is 11.3 Å². The number of aryl methyl sites for hydroxylation is 2. The first-order valence-corrected chi connectivity index (χ1v) is 7.48. The Morgan fingerprint density at radius 3 is 2.75 bits per heavy atom. The predicted octanol–water partition coefficient (Wildman–Crippen LogP) is 5.19. The van der Waals surface area contributed by atoms with Crippen molar-refractivity contribution < 1.29 is 0 Å². The number of aromatic nitrogens is 1. The summed E-state index contributed by atoms with van der Waals surface area (Å²) in [7, 11) is 0. The average molecular weight is 282 g/mol. The van der Waals surface area contributed by atoms with Gasteiger partial charge < -0.3 is 4.57 Å². The van der Waals surface area contributed by atoms with E-state index in [-0.39, 0.29) is 0 Å². The van der Waals surface area contributed by atoms with Crippen molar-refractivity contribution in [2.45, 2.75) is 26.8 Å². The Kier molecular flexibility index (Phi) is 2.49. The van der Waals surface area contributed by atoms with E-state index in [0.29, 0.717) is 0 Å². The van der Waals surface area contributed by atoms with Crippen molar-refractivity contribution in [2.24, 2.45) is 0 Å². The van der Waals surface area contributed by atoms with Gasteiger partial charge in [-0.1, -0.05) is 48.9 Å². The molecule has 0 bridgehead atoms. The van der Waals surface area contributed by atoms with Crippen LogP contribution < -0.4 is 0 Å². The highest BCUT2D eigenvalue weighted by atomic mass is 35.5. The summed E-state index contributed by atoms with van der Waals surface area (Å²) >= 11 is 6.49. The van der Waals surface area contributed by atoms with E-state index in [4.69, 9.17) is 11.6 Å². The molecular formula is C18H16ClN. The SMILES string of the molecule is CCc1c2n(c3c(C)ccc(Cl)c13)Cc1ccccc1-2. The third-order valence-electron chi connectivity index (χ3n) is 4.41. The molecule has 0 amide bonds. The first-order valence-electron chi connectivity index (χ1n) is 7.10. The molecule has 0 atom stereocenters. The maximum Gasteiger partial charge on any atom is 0.0536 e. The summed E-state index contributed by atoms with van der Waals surface area (Å²) in [6.45, 7) is 5.35. The molecule has 0 radical (unpaired) electrons. The Bertz CT molecular complexity index is 842. The van der Waals surface area contributed by atoms with Gasteiger partial charge >= 0.3 is 0 Å². The van der Waals surface area contributed by atoms with Crippen LogP contribution in [0.1, 0.15) is 23.6 Å². The summed E-state index contributed by atoms with van der Waals surface area (Å²) in [4.78, 5) is 0. The maximum absolute atomic E-state index is 6.49. The van der Waals surface area contributed by atoms with E-state index in [9.17, 15) is 0 Å². The summed E-state index contributed by atoms with van der Waals surface area (Å²) in [6, 6.07) is 12.9. The smallest absolute Gasteiger partial charge is 0.0536 e. The third-order valence-corrected chi connectivity index (χ3v) is 4.73. The molecule has 2 aromatic carbocycles. The Balaban J connectivity index is 2.21. The van der Waals surface area contributed by atoms with Crippen LogP contribution in [0.4, 0.5) is 0 Å². The molecule has 4 rings (SSSR count). The molecule has 1 aromatic heterocycles. The fourth-order valence-electron chi connectivity index (χ4n) is 3.57. The van der Waals surface area contributed by atoms with Crippen LogP contribution in [0.3, 0.4) is 0 Å². The molecule has 1 aliphatic heterocycles. The van der Waals surface area contributed by atoms with Crippen molar-refractivity contribution in [1.82, 2.24) is 4.57 Å². The minimum atomic E-state index is 0.877. The molecule has 1 nitrogen and oxygen atoms in total. The number of fused-ring (bicyclic) bond motifs is 5. The summed E-state index contributed by atoms with van der Waals surface area (Å²) in [6.07, 6.45) is 1.01. The van der Waals surface area contributed by atoms with Crippen LogP contribution in [0, 0.1) is 6.92 Å². The zero-order valence-electron chi connectivity index (χ0n) is 11.7. The van der Waals surface area contributed by atoms with Gasteiger partial charge in [0, 0.05) is 17.5 Å². The predicted molar refractivity (Wildman–Crippen MR) is 85.6 cm³/mol. The molecule has 0 fully saturated rings. The number of rotatable bonds is 1. The molecular weight excluding hydrogens is 266 g/mol.